The van der Waals surface area contributed by atoms with Crippen LogP contribution in [0.15, 0.2) is 18.2 Å². The van der Waals surface area contributed by atoms with E-state index in [1.165, 1.54) is 0 Å². The largest absolute Gasteiger partial charge is 0.379 e. The normalized spacial score (nSPS) is 19.2. The quantitative estimate of drug-likeness (QED) is 0.826. The summed E-state index contributed by atoms with van der Waals surface area (Å²) in [5.74, 6) is 0.191. The lowest BCUT2D eigenvalue weighted by molar-refractivity contribution is -0.133. The molecule has 0 aliphatic carbocycles. The van der Waals surface area contributed by atoms with Gasteiger partial charge in [-0.2, -0.15) is 0 Å². The van der Waals surface area contributed by atoms with Crippen LogP contribution in [0.3, 0.4) is 0 Å². The molecule has 1 aliphatic heterocycles. The molecule has 116 valence electrons. The van der Waals surface area contributed by atoms with Crippen molar-refractivity contribution in [3.63, 3.8) is 0 Å². The van der Waals surface area contributed by atoms with Crippen LogP contribution < -0.4 is 0 Å². The van der Waals surface area contributed by atoms with Crippen LogP contribution in [0.1, 0.15) is 25.8 Å². The minimum Gasteiger partial charge on any atom is -0.379 e. The summed E-state index contributed by atoms with van der Waals surface area (Å²) >= 11 is 12.1. The highest BCUT2D eigenvalue weighted by atomic mass is 35.5. The van der Waals surface area contributed by atoms with E-state index >= 15 is 0 Å². The fourth-order valence-corrected chi connectivity index (χ4v) is 3.16. The highest BCUT2D eigenvalue weighted by Crippen LogP contribution is 2.27. The molecule has 1 saturated heterocycles. The lowest BCUT2D eigenvalue weighted by Gasteiger charge is -2.41. The Labute approximate surface area is 136 Å². The lowest BCUT2D eigenvalue weighted by Crippen LogP contribution is -2.56. The summed E-state index contributed by atoms with van der Waals surface area (Å²) in [4.78, 5) is 15.1. The third-order valence-electron chi connectivity index (χ3n) is 4.36. The van der Waals surface area contributed by atoms with Gasteiger partial charge in [-0.1, -0.05) is 36.2 Å². The van der Waals surface area contributed by atoms with E-state index in [4.69, 9.17) is 27.9 Å². The molecule has 1 unspecified atom stereocenters. The van der Waals surface area contributed by atoms with Crippen LogP contribution in [0, 0.1) is 0 Å². The highest BCUT2D eigenvalue weighted by Gasteiger charge is 2.38. The zero-order valence-electron chi connectivity index (χ0n) is 12.5. The summed E-state index contributed by atoms with van der Waals surface area (Å²) in [5.41, 5.74) is 0.367. The first-order valence-electron chi connectivity index (χ1n) is 7.27. The first kappa shape index (κ1) is 16.8. The lowest BCUT2D eigenvalue weighted by atomic mass is 9.87. The number of Topliss-reactive ketones (excluding diaryl/α,β-unsaturated/α-hetero) is 1. The predicted octanol–water partition coefficient (Wildman–Crippen LogP) is 3.61. The van der Waals surface area contributed by atoms with Crippen molar-refractivity contribution in [1.82, 2.24) is 4.90 Å². The second-order valence-electron chi connectivity index (χ2n) is 5.56. The molecule has 21 heavy (non-hydrogen) atoms. The van der Waals surface area contributed by atoms with Crippen molar-refractivity contribution in [2.24, 2.45) is 0 Å². The molecule has 1 aliphatic rings. The maximum absolute atomic E-state index is 12.8. The number of carbonyl (C=O) groups is 1. The van der Waals surface area contributed by atoms with Crippen molar-refractivity contribution in [3.05, 3.63) is 33.8 Å². The minimum absolute atomic E-state index is 0.191. The van der Waals surface area contributed by atoms with Crippen LogP contribution in [0.5, 0.6) is 0 Å². The molecule has 0 aromatic heterocycles. The summed E-state index contributed by atoms with van der Waals surface area (Å²) in [5, 5.41) is 1.14. The van der Waals surface area contributed by atoms with Gasteiger partial charge in [0.05, 0.1) is 18.8 Å². The van der Waals surface area contributed by atoms with Crippen molar-refractivity contribution in [2.45, 2.75) is 32.2 Å². The van der Waals surface area contributed by atoms with E-state index in [2.05, 4.69) is 11.8 Å². The second-order valence-corrected chi connectivity index (χ2v) is 6.41. The monoisotopic (exact) mass is 329 g/mol. The van der Waals surface area contributed by atoms with E-state index in [0.29, 0.717) is 29.7 Å². The highest BCUT2D eigenvalue weighted by molar-refractivity contribution is 6.35. The molecule has 3 nitrogen and oxygen atoms in total. The number of nitrogens with zero attached hydrogens (tertiary/aromatic N) is 1. The Morgan fingerprint density at radius 1 is 1.33 bits per heavy atom. The fourth-order valence-electron chi connectivity index (χ4n) is 2.68. The van der Waals surface area contributed by atoms with Gasteiger partial charge in [0, 0.05) is 29.6 Å². The molecule has 1 aromatic rings. The number of rotatable bonds is 5. The van der Waals surface area contributed by atoms with E-state index in [1.54, 1.807) is 12.1 Å². The number of morpholine rings is 1. The van der Waals surface area contributed by atoms with Gasteiger partial charge >= 0.3 is 0 Å². The first-order chi connectivity index (χ1) is 9.97. The van der Waals surface area contributed by atoms with Crippen molar-refractivity contribution in [2.75, 3.05) is 26.3 Å². The molecule has 0 radical (unpaired) electrons. The summed E-state index contributed by atoms with van der Waals surface area (Å²) in [6.45, 7) is 7.03. The molecule has 0 spiro atoms. The average molecular weight is 330 g/mol. The summed E-state index contributed by atoms with van der Waals surface area (Å²) in [7, 11) is 0. The van der Waals surface area contributed by atoms with Crippen LogP contribution in [-0.4, -0.2) is 42.5 Å². The topological polar surface area (TPSA) is 29.5 Å². The van der Waals surface area contributed by atoms with E-state index in [-0.39, 0.29) is 5.78 Å². The van der Waals surface area contributed by atoms with E-state index in [0.717, 1.165) is 25.1 Å². The average Bonchev–Trinajstić information content (AvgIpc) is 2.50. The smallest absolute Gasteiger partial charge is 0.157 e. The Morgan fingerprint density at radius 3 is 2.57 bits per heavy atom. The van der Waals surface area contributed by atoms with Gasteiger partial charge in [-0.3, -0.25) is 9.69 Å². The number of benzene rings is 1. The van der Waals surface area contributed by atoms with E-state index < -0.39 is 5.54 Å². The number of ketones is 1. The number of ether oxygens (including phenoxy) is 1. The molecule has 1 fully saturated rings. The van der Waals surface area contributed by atoms with Gasteiger partial charge in [-0.05, 0) is 31.0 Å². The SMILES string of the molecule is CCC(C)(C(=O)Cc1ccc(Cl)cc1Cl)N1CCOCC1. The second kappa shape index (κ2) is 7.10. The van der Waals surface area contributed by atoms with Crippen molar-refractivity contribution >= 4 is 29.0 Å². The molecule has 0 bridgehead atoms. The molecule has 2 rings (SSSR count). The van der Waals surface area contributed by atoms with Gasteiger partial charge in [0.1, 0.15) is 0 Å². The predicted molar refractivity (Wildman–Crippen MR) is 86.3 cm³/mol. The van der Waals surface area contributed by atoms with Crippen molar-refractivity contribution in [1.29, 1.82) is 0 Å². The van der Waals surface area contributed by atoms with Gasteiger partial charge in [0.2, 0.25) is 0 Å². The Hall–Kier alpha value is -0.610. The van der Waals surface area contributed by atoms with Crippen LogP contribution in [0.4, 0.5) is 0 Å². The molecule has 0 saturated carbocycles. The third kappa shape index (κ3) is 3.78. The molecule has 5 heteroatoms. The fraction of sp³-hybridized carbons (Fsp3) is 0.562. The third-order valence-corrected chi connectivity index (χ3v) is 4.95. The van der Waals surface area contributed by atoms with Gasteiger partial charge < -0.3 is 4.74 Å². The number of carbonyl (C=O) groups excluding carboxylic acids is 1. The molecule has 0 amide bonds. The van der Waals surface area contributed by atoms with E-state index in [9.17, 15) is 4.79 Å². The molecule has 1 aromatic carbocycles. The number of halogens is 2. The maximum atomic E-state index is 12.8. The zero-order chi connectivity index (χ0) is 15.5. The molecular weight excluding hydrogens is 309 g/mol. The van der Waals surface area contributed by atoms with Crippen LogP contribution in [0.2, 0.25) is 10.0 Å². The standard InChI is InChI=1S/C16H21Cl2NO2/c1-3-16(2,19-6-8-21-9-7-19)15(20)10-12-4-5-13(17)11-14(12)18/h4-5,11H,3,6-10H2,1-2H3. The molecule has 1 atom stereocenters. The maximum Gasteiger partial charge on any atom is 0.157 e. The Kier molecular flexibility index (Phi) is 5.67. The first-order valence-corrected chi connectivity index (χ1v) is 8.03. The van der Waals surface area contributed by atoms with Gasteiger partial charge in [0.15, 0.2) is 5.78 Å². The van der Waals surface area contributed by atoms with Gasteiger partial charge in [0.25, 0.3) is 0 Å². The van der Waals surface area contributed by atoms with Crippen LogP contribution in [0.25, 0.3) is 0 Å². The van der Waals surface area contributed by atoms with Crippen LogP contribution in [-0.2, 0) is 16.0 Å². The van der Waals surface area contributed by atoms with Crippen LogP contribution >= 0.6 is 23.2 Å². The van der Waals surface area contributed by atoms with Gasteiger partial charge in [-0.15, -0.1) is 0 Å². The van der Waals surface area contributed by atoms with Crippen molar-refractivity contribution < 1.29 is 9.53 Å². The van der Waals surface area contributed by atoms with E-state index in [1.807, 2.05) is 13.0 Å². The Morgan fingerprint density at radius 2 is 2.00 bits per heavy atom. The summed E-state index contributed by atoms with van der Waals surface area (Å²) < 4.78 is 5.38. The Balaban J connectivity index is 2.15. The number of hydrogen-bond acceptors (Lipinski definition) is 3. The zero-order valence-corrected chi connectivity index (χ0v) is 14.0. The Bertz CT molecular complexity index is 515. The molecule has 0 N–H and O–H groups in total. The molecular formula is C16H21Cl2NO2. The number of hydrogen-bond donors (Lipinski definition) is 0. The minimum atomic E-state index is -0.466. The van der Waals surface area contributed by atoms with Gasteiger partial charge in [-0.25, -0.2) is 0 Å². The van der Waals surface area contributed by atoms with Crippen molar-refractivity contribution in [3.8, 4) is 0 Å². The molecule has 1 heterocycles. The summed E-state index contributed by atoms with van der Waals surface area (Å²) in [6.07, 6.45) is 1.11. The summed E-state index contributed by atoms with van der Waals surface area (Å²) in [6, 6.07) is 5.29.